The van der Waals surface area contributed by atoms with Crippen LogP contribution in [0.5, 0.6) is 5.75 Å². The lowest BCUT2D eigenvalue weighted by Gasteiger charge is -2.30. The maximum absolute atomic E-state index is 10.2. The van der Waals surface area contributed by atoms with Gasteiger partial charge in [0.05, 0.1) is 18.8 Å². The van der Waals surface area contributed by atoms with Gasteiger partial charge in [-0.1, -0.05) is 49.4 Å². The second-order valence-electron chi connectivity index (χ2n) is 7.10. The number of hydrogen-bond donors (Lipinski definition) is 2. The lowest BCUT2D eigenvalue weighted by Crippen LogP contribution is -2.33. The van der Waals surface area contributed by atoms with E-state index in [1.807, 2.05) is 42.5 Å². The summed E-state index contributed by atoms with van der Waals surface area (Å²) < 4.78 is 18.2. The maximum Gasteiger partial charge on any atom is 0.198 e. The molecule has 0 spiro atoms. The molecule has 0 aliphatic carbocycles. The first-order chi connectivity index (χ1) is 13.7. The number of benzene rings is 2. The highest BCUT2D eigenvalue weighted by atomic mass is 16.7. The fraction of sp³-hybridized carbons (Fsp3) is 0.478. The van der Waals surface area contributed by atoms with Gasteiger partial charge in [-0.25, -0.2) is 0 Å². The van der Waals surface area contributed by atoms with Crippen molar-refractivity contribution in [3.63, 3.8) is 0 Å². The van der Waals surface area contributed by atoms with Crippen molar-refractivity contribution in [2.45, 2.75) is 38.1 Å². The van der Waals surface area contributed by atoms with Crippen LogP contribution in [0.4, 0.5) is 0 Å². The predicted molar refractivity (Wildman–Crippen MR) is 109 cm³/mol. The van der Waals surface area contributed by atoms with Crippen LogP contribution in [0.2, 0.25) is 0 Å². The van der Waals surface area contributed by atoms with Crippen molar-refractivity contribution in [1.82, 2.24) is 5.32 Å². The van der Waals surface area contributed by atoms with Crippen LogP contribution in [0.15, 0.2) is 54.6 Å². The third-order valence-electron chi connectivity index (χ3n) is 4.87. The van der Waals surface area contributed by atoms with E-state index in [-0.39, 0.29) is 6.61 Å². The third-order valence-corrected chi connectivity index (χ3v) is 4.87. The quantitative estimate of drug-likeness (QED) is 0.582. The topological polar surface area (TPSA) is 60.0 Å². The van der Waals surface area contributed by atoms with Gasteiger partial charge in [0.1, 0.15) is 18.5 Å². The molecule has 2 aromatic rings. The second kappa shape index (κ2) is 10.6. The van der Waals surface area contributed by atoms with Gasteiger partial charge < -0.3 is 24.6 Å². The number of hydrogen-bond acceptors (Lipinski definition) is 5. The van der Waals surface area contributed by atoms with Gasteiger partial charge in [0.15, 0.2) is 5.79 Å². The minimum Gasteiger partial charge on any atom is -0.490 e. The second-order valence-corrected chi connectivity index (χ2v) is 7.10. The van der Waals surface area contributed by atoms with Gasteiger partial charge in [-0.3, -0.25) is 0 Å². The lowest BCUT2D eigenvalue weighted by molar-refractivity contribution is -0.171. The van der Waals surface area contributed by atoms with Crippen LogP contribution in [0, 0.1) is 0 Å². The number of aliphatic hydroxyl groups is 1. The summed E-state index contributed by atoms with van der Waals surface area (Å²) in [5, 5.41) is 13.4. The zero-order valence-corrected chi connectivity index (χ0v) is 16.6. The molecule has 1 saturated heterocycles. The van der Waals surface area contributed by atoms with E-state index in [1.165, 1.54) is 5.56 Å². The van der Waals surface area contributed by atoms with E-state index in [9.17, 15) is 5.11 Å². The van der Waals surface area contributed by atoms with Gasteiger partial charge in [0.25, 0.3) is 0 Å². The molecule has 5 nitrogen and oxygen atoms in total. The van der Waals surface area contributed by atoms with Crippen LogP contribution in [-0.4, -0.2) is 44.1 Å². The first-order valence-corrected chi connectivity index (χ1v) is 10.2. The van der Waals surface area contributed by atoms with Crippen molar-refractivity contribution in [1.29, 1.82) is 0 Å². The zero-order chi connectivity index (χ0) is 19.7. The highest BCUT2D eigenvalue weighted by Crippen LogP contribution is 2.40. The van der Waals surface area contributed by atoms with Crippen molar-refractivity contribution in [2.24, 2.45) is 0 Å². The van der Waals surface area contributed by atoms with Gasteiger partial charge in [0.2, 0.25) is 0 Å². The molecule has 2 N–H and O–H groups in total. The minimum absolute atomic E-state index is 0.225. The first-order valence-electron chi connectivity index (χ1n) is 10.2. The monoisotopic (exact) mass is 385 g/mol. The molecule has 152 valence electrons. The molecular weight excluding hydrogens is 354 g/mol. The summed E-state index contributed by atoms with van der Waals surface area (Å²) in [5.74, 6) is -0.107. The summed E-state index contributed by atoms with van der Waals surface area (Å²) in [4.78, 5) is 0. The van der Waals surface area contributed by atoms with Crippen molar-refractivity contribution < 1.29 is 19.3 Å². The van der Waals surface area contributed by atoms with E-state index in [4.69, 9.17) is 14.2 Å². The Bertz CT molecular complexity index is 701. The number of para-hydroxylation sites is 1. The third kappa shape index (κ3) is 5.55. The Labute approximate surface area is 167 Å². The summed E-state index contributed by atoms with van der Waals surface area (Å²) in [6, 6.07) is 18.1. The average Bonchev–Trinajstić information content (AvgIpc) is 3.22. The summed E-state index contributed by atoms with van der Waals surface area (Å²) >= 11 is 0. The Morgan fingerprint density at radius 2 is 1.79 bits per heavy atom. The molecule has 2 aromatic carbocycles. The average molecular weight is 386 g/mol. The number of aryl methyl sites for hydroxylation is 1. The molecule has 28 heavy (non-hydrogen) atoms. The Morgan fingerprint density at radius 1 is 1.07 bits per heavy atom. The summed E-state index contributed by atoms with van der Waals surface area (Å²) in [7, 11) is 0. The number of rotatable bonds is 11. The van der Waals surface area contributed by atoms with Crippen LogP contribution in [0.25, 0.3) is 0 Å². The summed E-state index contributed by atoms with van der Waals surface area (Å²) in [6.07, 6.45) is 2.02. The van der Waals surface area contributed by atoms with Gasteiger partial charge in [0, 0.05) is 13.0 Å². The molecule has 0 amide bonds. The lowest BCUT2D eigenvalue weighted by atomic mass is 9.97. The molecule has 5 heteroatoms. The van der Waals surface area contributed by atoms with E-state index >= 15 is 0 Å². The number of aliphatic hydroxyl groups excluding tert-OH is 1. The summed E-state index contributed by atoms with van der Waals surface area (Å²) in [5.41, 5.74) is 2.13. The minimum atomic E-state index is -0.808. The first kappa shape index (κ1) is 20.8. The van der Waals surface area contributed by atoms with E-state index in [0.29, 0.717) is 31.9 Å². The normalized spacial score (nSPS) is 16.8. The fourth-order valence-corrected chi connectivity index (χ4v) is 3.44. The molecule has 1 heterocycles. The Hall–Kier alpha value is -1.92. The molecule has 1 aliphatic heterocycles. The van der Waals surface area contributed by atoms with Gasteiger partial charge in [-0.2, -0.15) is 0 Å². The molecule has 0 saturated carbocycles. The Balaban J connectivity index is 1.69. The molecule has 1 aliphatic rings. The molecular formula is C23H31NO4. The van der Waals surface area contributed by atoms with Crippen molar-refractivity contribution >= 4 is 0 Å². The van der Waals surface area contributed by atoms with E-state index < -0.39 is 11.9 Å². The van der Waals surface area contributed by atoms with Crippen LogP contribution in [0.3, 0.4) is 0 Å². The fourth-order valence-electron chi connectivity index (χ4n) is 3.44. The Kier molecular flexibility index (Phi) is 7.86. The SMILES string of the molecule is CCCNC[C@H](O)COc1ccccc1C1(CCc2ccccc2)OCCO1. The maximum atomic E-state index is 10.2. The molecule has 0 aromatic heterocycles. The van der Waals surface area contributed by atoms with Crippen LogP contribution in [-0.2, 0) is 21.7 Å². The van der Waals surface area contributed by atoms with Gasteiger partial charge in [-0.05, 0) is 37.1 Å². The molecule has 0 radical (unpaired) electrons. The van der Waals surface area contributed by atoms with Crippen molar-refractivity contribution in [3.8, 4) is 5.75 Å². The highest BCUT2D eigenvalue weighted by Gasteiger charge is 2.40. The number of ether oxygens (including phenoxy) is 3. The number of nitrogens with one attached hydrogen (secondary N) is 1. The Morgan fingerprint density at radius 3 is 2.54 bits per heavy atom. The smallest absolute Gasteiger partial charge is 0.198 e. The standard InChI is InChI=1S/C23H31NO4/c1-2-14-24-17-20(25)18-26-22-11-7-6-10-21(22)23(27-15-16-28-23)13-12-19-8-4-3-5-9-19/h3-11,20,24-25H,2,12-18H2,1H3/t20-/m0/s1. The van der Waals surface area contributed by atoms with Crippen molar-refractivity contribution in [3.05, 3.63) is 65.7 Å². The molecule has 1 fully saturated rings. The van der Waals surface area contributed by atoms with Crippen LogP contribution < -0.4 is 10.1 Å². The summed E-state index contributed by atoms with van der Waals surface area (Å²) in [6.45, 7) is 4.85. The van der Waals surface area contributed by atoms with E-state index in [0.717, 1.165) is 24.9 Å². The van der Waals surface area contributed by atoms with Crippen LogP contribution in [0.1, 0.15) is 30.9 Å². The van der Waals surface area contributed by atoms with Gasteiger partial charge in [-0.15, -0.1) is 0 Å². The molecule has 0 bridgehead atoms. The van der Waals surface area contributed by atoms with Crippen molar-refractivity contribution in [2.75, 3.05) is 32.9 Å². The molecule has 3 rings (SSSR count). The zero-order valence-electron chi connectivity index (χ0n) is 16.6. The van der Waals surface area contributed by atoms with E-state index in [2.05, 4.69) is 24.4 Å². The molecule has 1 atom stereocenters. The predicted octanol–water partition coefficient (Wildman–Crippen LogP) is 3.26. The molecule has 0 unspecified atom stereocenters. The van der Waals surface area contributed by atoms with E-state index in [1.54, 1.807) is 0 Å². The largest absolute Gasteiger partial charge is 0.490 e. The van der Waals surface area contributed by atoms with Gasteiger partial charge >= 0.3 is 0 Å². The van der Waals surface area contributed by atoms with Crippen LogP contribution >= 0.6 is 0 Å². The highest BCUT2D eigenvalue weighted by molar-refractivity contribution is 5.37.